The first-order valence-corrected chi connectivity index (χ1v) is 6.49. The summed E-state index contributed by atoms with van der Waals surface area (Å²) in [7, 11) is 0. The Hall–Kier alpha value is -0.290. The zero-order chi connectivity index (χ0) is 13.3. The lowest BCUT2D eigenvalue weighted by Crippen LogP contribution is -2.47. The van der Waals surface area contributed by atoms with Crippen molar-refractivity contribution in [3.63, 3.8) is 0 Å². The number of halogens is 3. The summed E-state index contributed by atoms with van der Waals surface area (Å²) in [5.74, 6) is 0. The van der Waals surface area contributed by atoms with Crippen LogP contribution in [0.25, 0.3) is 0 Å². The molecule has 0 bridgehead atoms. The smallest absolute Gasteiger partial charge is 0.314 e. The standard InChI is InChI=1S/C12H25F3N2/c1-4-7-16-10(6-3)9-11(12(13,14)15)17-8-5-2/h10-11,16-17H,4-9H2,1-3H3. The van der Waals surface area contributed by atoms with E-state index in [2.05, 4.69) is 10.6 Å². The fourth-order valence-electron chi connectivity index (χ4n) is 1.68. The third kappa shape index (κ3) is 7.60. The van der Waals surface area contributed by atoms with Crippen molar-refractivity contribution in [3.8, 4) is 0 Å². The van der Waals surface area contributed by atoms with Crippen LogP contribution in [0.15, 0.2) is 0 Å². The summed E-state index contributed by atoms with van der Waals surface area (Å²) in [6.07, 6.45) is -1.67. The molecule has 2 N–H and O–H groups in total. The molecule has 0 fully saturated rings. The molecule has 0 aliphatic heterocycles. The zero-order valence-electron chi connectivity index (χ0n) is 11.0. The normalized spacial score (nSPS) is 15.9. The molecular formula is C12H25F3N2. The maximum absolute atomic E-state index is 12.8. The molecule has 0 aliphatic carbocycles. The first-order valence-electron chi connectivity index (χ1n) is 6.49. The van der Waals surface area contributed by atoms with Crippen LogP contribution in [0.5, 0.6) is 0 Å². The van der Waals surface area contributed by atoms with Gasteiger partial charge in [-0.3, -0.25) is 0 Å². The summed E-state index contributed by atoms with van der Waals surface area (Å²) < 4.78 is 38.3. The van der Waals surface area contributed by atoms with Crippen LogP contribution in [0.2, 0.25) is 0 Å². The molecule has 104 valence electrons. The number of alkyl halides is 3. The van der Waals surface area contributed by atoms with Gasteiger partial charge in [0.1, 0.15) is 6.04 Å². The van der Waals surface area contributed by atoms with Gasteiger partial charge in [0, 0.05) is 6.04 Å². The summed E-state index contributed by atoms with van der Waals surface area (Å²) in [5, 5.41) is 5.74. The van der Waals surface area contributed by atoms with Crippen LogP contribution in [0.4, 0.5) is 13.2 Å². The summed E-state index contributed by atoms with van der Waals surface area (Å²) >= 11 is 0. The van der Waals surface area contributed by atoms with Gasteiger partial charge in [0.25, 0.3) is 0 Å². The van der Waals surface area contributed by atoms with Gasteiger partial charge in [-0.05, 0) is 38.8 Å². The highest BCUT2D eigenvalue weighted by molar-refractivity contribution is 4.81. The maximum atomic E-state index is 12.8. The van der Waals surface area contributed by atoms with E-state index in [9.17, 15) is 13.2 Å². The Labute approximate surface area is 102 Å². The molecule has 17 heavy (non-hydrogen) atoms. The molecule has 0 radical (unpaired) electrons. The van der Waals surface area contributed by atoms with E-state index in [1.807, 2.05) is 20.8 Å². The van der Waals surface area contributed by atoms with Crippen LogP contribution in [0.1, 0.15) is 46.5 Å². The molecular weight excluding hydrogens is 229 g/mol. The SMILES string of the molecule is CCCNC(CC)CC(NCCC)C(F)(F)F. The van der Waals surface area contributed by atoms with Crippen molar-refractivity contribution in [2.45, 2.75) is 64.7 Å². The van der Waals surface area contributed by atoms with E-state index >= 15 is 0 Å². The summed E-state index contributed by atoms with van der Waals surface area (Å²) in [5.41, 5.74) is 0. The minimum Gasteiger partial charge on any atom is -0.314 e. The van der Waals surface area contributed by atoms with Crippen molar-refractivity contribution in [1.82, 2.24) is 10.6 Å². The van der Waals surface area contributed by atoms with Gasteiger partial charge in [0.15, 0.2) is 0 Å². The Morgan fingerprint density at radius 3 is 1.88 bits per heavy atom. The molecule has 0 heterocycles. The van der Waals surface area contributed by atoms with E-state index < -0.39 is 12.2 Å². The van der Waals surface area contributed by atoms with Gasteiger partial charge in [-0.15, -0.1) is 0 Å². The molecule has 2 nitrogen and oxygen atoms in total. The van der Waals surface area contributed by atoms with Crippen LogP contribution in [-0.4, -0.2) is 31.3 Å². The minimum atomic E-state index is -4.16. The number of nitrogens with one attached hydrogen (secondary N) is 2. The number of rotatable bonds is 9. The highest BCUT2D eigenvalue weighted by Gasteiger charge is 2.39. The summed E-state index contributed by atoms with van der Waals surface area (Å²) in [6.45, 7) is 6.98. The second-order valence-corrected chi connectivity index (χ2v) is 4.34. The van der Waals surface area contributed by atoms with Crippen molar-refractivity contribution in [2.75, 3.05) is 13.1 Å². The second-order valence-electron chi connectivity index (χ2n) is 4.34. The third-order valence-electron chi connectivity index (χ3n) is 2.73. The first-order chi connectivity index (χ1) is 7.95. The van der Waals surface area contributed by atoms with E-state index in [0.29, 0.717) is 13.0 Å². The van der Waals surface area contributed by atoms with Gasteiger partial charge in [-0.25, -0.2) is 0 Å². The lowest BCUT2D eigenvalue weighted by atomic mass is 10.0. The second kappa shape index (κ2) is 8.75. The third-order valence-corrected chi connectivity index (χ3v) is 2.73. The Bertz CT molecular complexity index is 183. The van der Waals surface area contributed by atoms with Crippen molar-refractivity contribution >= 4 is 0 Å². The van der Waals surface area contributed by atoms with Gasteiger partial charge in [-0.2, -0.15) is 13.2 Å². The lowest BCUT2D eigenvalue weighted by molar-refractivity contribution is -0.158. The van der Waals surface area contributed by atoms with Gasteiger partial charge < -0.3 is 10.6 Å². The molecule has 0 aromatic heterocycles. The first kappa shape index (κ1) is 16.7. The van der Waals surface area contributed by atoms with E-state index in [1.165, 1.54) is 0 Å². The van der Waals surface area contributed by atoms with Gasteiger partial charge >= 0.3 is 6.18 Å². The molecule has 0 spiro atoms. The molecule has 5 heteroatoms. The maximum Gasteiger partial charge on any atom is 0.403 e. The number of hydrogen-bond donors (Lipinski definition) is 2. The monoisotopic (exact) mass is 254 g/mol. The predicted octanol–water partition coefficient (Wildman–Crippen LogP) is 3.09. The molecule has 0 amide bonds. The van der Waals surface area contributed by atoms with E-state index in [1.54, 1.807) is 0 Å². The molecule has 0 aromatic carbocycles. The highest BCUT2D eigenvalue weighted by atomic mass is 19.4. The average Bonchev–Trinajstić information content (AvgIpc) is 2.26. The van der Waals surface area contributed by atoms with Crippen molar-refractivity contribution in [1.29, 1.82) is 0 Å². The number of hydrogen-bond acceptors (Lipinski definition) is 2. The van der Waals surface area contributed by atoms with Crippen molar-refractivity contribution in [3.05, 3.63) is 0 Å². The van der Waals surface area contributed by atoms with E-state index in [0.717, 1.165) is 19.4 Å². The van der Waals surface area contributed by atoms with Crippen molar-refractivity contribution in [2.24, 2.45) is 0 Å². The van der Waals surface area contributed by atoms with Crippen LogP contribution in [-0.2, 0) is 0 Å². The topological polar surface area (TPSA) is 24.1 Å². The molecule has 2 atom stereocenters. The van der Waals surface area contributed by atoms with Gasteiger partial charge in [-0.1, -0.05) is 20.8 Å². The van der Waals surface area contributed by atoms with E-state index in [4.69, 9.17) is 0 Å². The fraction of sp³-hybridized carbons (Fsp3) is 1.00. The van der Waals surface area contributed by atoms with Gasteiger partial charge in [0.2, 0.25) is 0 Å². The van der Waals surface area contributed by atoms with Crippen molar-refractivity contribution < 1.29 is 13.2 Å². The van der Waals surface area contributed by atoms with Gasteiger partial charge in [0.05, 0.1) is 0 Å². The van der Waals surface area contributed by atoms with Crippen LogP contribution >= 0.6 is 0 Å². The molecule has 0 rings (SSSR count). The molecule has 0 aromatic rings. The highest BCUT2D eigenvalue weighted by Crippen LogP contribution is 2.24. The Morgan fingerprint density at radius 1 is 0.941 bits per heavy atom. The van der Waals surface area contributed by atoms with Crippen LogP contribution < -0.4 is 10.6 Å². The Morgan fingerprint density at radius 2 is 1.47 bits per heavy atom. The average molecular weight is 254 g/mol. The molecule has 0 saturated carbocycles. The van der Waals surface area contributed by atoms with Crippen LogP contribution in [0.3, 0.4) is 0 Å². The van der Waals surface area contributed by atoms with E-state index in [-0.39, 0.29) is 12.5 Å². The zero-order valence-corrected chi connectivity index (χ0v) is 11.0. The Kier molecular flexibility index (Phi) is 8.60. The Balaban J connectivity index is 4.27. The predicted molar refractivity (Wildman–Crippen MR) is 65.1 cm³/mol. The molecule has 2 unspecified atom stereocenters. The minimum absolute atomic E-state index is 0.0640. The molecule has 0 aliphatic rings. The molecule has 0 saturated heterocycles. The van der Waals surface area contributed by atoms with Crippen LogP contribution in [0, 0.1) is 0 Å². The largest absolute Gasteiger partial charge is 0.403 e. The fourth-order valence-corrected chi connectivity index (χ4v) is 1.68. The summed E-state index contributed by atoms with van der Waals surface area (Å²) in [6, 6.07) is -1.46. The quantitative estimate of drug-likeness (QED) is 0.660. The lowest BCUT2D eigenvalue weighted by Gasteiger charge is -2.26. The summed E-state index contributed by atoms with van der Waals surface area (Å²) in [4.78, 5) is 0.